The Kier molecular flexibility index (Phi) is 4.93. The normalized spacial score (nSPS) is 10.6. The summed E-state index contributed by atoms with van der Waals surface area (Å²) in [5, 5.41) is 6.34. The lowest BCUT2D eigenvalue weighted by atomic mass is 10.2. The number of nitrogens with one attached hydrogen (secondary N) is 3. The molecule has 0 aliphatic rings. The first kappa shape index (κ1) is 17.5. The summed E-state index contributed by atoms with van der Waals surface area (Å²) in [4.78, 5) is 27.5. The zero-order chi connectivity index (χ0) is 18.7. The van der Waals surface area contributed by atoms with Gasteiger partial charge in [0.05, 0.1) is 19.3 Å². The molecule has 6 heteroatoms. The second kappa shape index (κ2) is 7.31. The predicted octanol–water partition coefficient (Wildman–Crippen LogP) is 3.16. The van der Waals surface area contributed by atoms with Gasteiger partial charge in [0, 0.05) is 10.9 Å². The predicted molar refractivity (Wildman–Crippen MR) is 102 cm³/mol. The highest BCUT2D eigenvalue weighted by Crippen LogP contribution is 2.25. The topological polar surface area (TPSA) is 83.2 Å². The molecule has 26 heavy (non-hydrogen) atoms. The minimum absolute atomic E-state index is 0.135. The summed E-state index contributed by atoms with van der Waals surface area (Å²) in [5.41, 5.74) is 4.00. The molecule has 0 aliphatic carbocycles. The molecular weight excluding hydrogens is 330 g/mol. The number of methoxy groups -OCH3 is 1. The van der Waals surface area contributed by atoms with Gasteiger partial charge in [-0.25, -0.2) is 0 Å². The van der Waals surface area contributed by atoms with E-state index in [1.807, 2.05) is 44.2 Å². The Morgan fingerprint density at radius 3 is 2.54 bits per heavy atom. The minimum Gasteiger partial charge on any atom is -0.495 e. The number of carbonyl (C=O) groups excluding carboxylic acids is 2. The number of H-pyrrole nitrogens is 1. The molecule has 3 N–H and O–H groups in total. The zero-order valence-electron chi connectivity index (χ0n) is 15.0. The van der Waals surface area contributed by atoms with Crippen LogP contribution < -0.4 is 15.4 Å². The van der Waals surface area contributed by atoms with Crippen LogP contribution >= 0.6 is 0 Å². The van der Waals surface area contributed by atoms with Crippen molar-refractivity contribution in [3.63, 3.8) is 0 Å². The highest BCUT2D eigenvalue weighted by Gasteiger charge is 2.12. The number of hydrogen-bond acceptors (Lipinski definition) is 3. The molecule has 0 bridgehead atoms. The maximum absolute atomic E-state index is 12.3. The summed E-state index contributed by atoms with van der Waals surface area (Å²) >= 11 is 0. The van der Waals surface area contributed by atoms with E-state index >= 15 is 0 Å². The van der Waals surface area contributed by atoms with Crippen LogP contribution in [0.15, 0.2) is 42.5 Å². The van der Waals surface area contributed by atoms with Gasteiger partial charge >= 0.3 is 0 Å². The van der Waals surface area contributed by atoms with Gasteiger partial charge in [0.25, 0.3) is 5.91 Å². The fourth-order valence-electron chi connectivity index (χ4n) is 2.74. The van der Waals surface area contributed by atoms with E-state index in [-0.39, 0.29) is 18.4 Å². The second-order valence-electron chi connectivity index (χ2n) is 6.21. The highest BCUT2D eigenvalue weighted by molar-refractivity contribution is 6.01. The number of carbonyl (C=O) groups is 2. The third kappa shape index (κ3) is 3.85. The van der Waals surface area contributed by atoms with Crippen molar-refractivity contribution in [2.45, 2.75) is 13.8 Å². The Morgan fingerprint density at radius 2 is 1.77 bits per heavy atom. The fraction of sp³-hybridized carbons (Fsp3) is 0.200. The molecule has 0 saturated heterocycles. The number of amides is 2. The molecule has 3 aromatic rings. The van der Waals surface area contributed by atoms with Crippen LogP contribution in [0, 0.1) is 13.8 Å². The zero-order valence-corrected chi connectivity index (χ0v) is 15.0. The number of anilines is 1. The monoisotopic (exact) mass is 351 g/mol. The number of benzene rings is 2. The summed E-state index contributed by atoms with van der Waals surface area (Å²) < 4.78 is 5.23. The van der Waals surface area contributed by atoms with E-state index in [0.717, 1.165) is 22.0 Å². The number of fused-ring (bicyclic) bond motifs is 1. The van der Waals surface area contributed by atoms with Crippen molar-refractivity contribution in [3.05, 3.63) is 59.3 Å². The third-order valence-electron chi connectivity index (χ3n) is 4.06. The average Bonchev–Trinajstić information content (AvgIpc) is 3.03. The highest BCUT2D eigenvalue weighted by atomic mass is 16.5. The van der Waals surface area contributed by atoms with E-state index in [1.54, 1.807) is 19.2 Å². The standard InChI is InChI=1S/C20H21N3O3/c1-12-4-6-15-14(8-12)10-17(22-15)20(25)21-11-19(24)23-16-9-13(2)5-7-18(16)26-3/h4-10,22H,11H2,1-3H3,(H,21,25)(H,23,24). The Bertz CT molecular complexity index is 976. The summed E-state index contributed by atoms with van der Waals surface area (Å²) in [6.07, 6.45) is 0. The number of aromatic amines is 1. The molecule has 1 heterocycles. The van der Waals surface area contributed by atoms with Gasteiger partial charge in [-0.15, -0.1) is 0 Å². The van der Waals surface area contributed by atoms with Gasteiger partial charge in [-0.3, -0.25) is 9.59 Å². The Morgan fingerprint density at radius 1 is 1.04 bits per heavy atom. The Balaban J connectivity index is 1.63. The first-order chi connectivity index (χ1) is 12.5. The second-order valence-corrected chi connectivity index (χ2v) is 6.21. The lowest BCUT2D eigenvalue weighted by Gasteiger charge is -2.11. The van der Waals surface area contributed by atoms with E-state index in [1.165, 1.54) is 0 Å². The van der Waals surface area contributed by atoms with Gasteiger partial charge in [0.2, 0.25) is 5.91 Å². The molecule has 0 atom stereocenters. The van der Waals surface area contributed by atoms with Crippen molar-refractivity contribution in [2.24, 2.45) is 0 Å². The molecule has 0 aliphatic heterocycles. The third-order valence-corrected chi connectivity index (χ3v) is 4.06. The van der Waals surface area contributed by atoms with E-state index in [2.05, 4.69) is 15.6 Å². The van der Waals surface area contributed by atoms with Crippen LogP contribution in [0.5, 0.6) is 5.75 Å². The number of aryl methyl sites for hydroxylation is 2. The first-order valence-corrected chi connectivity index (χ1v) is 8.28. The van der Waals surface area contributed by atoms with E-state index in [4.69, 9.17) is 4.74 Å². The molecular formula is C20H21N3O3. The quantitative estimate of drug-likeness (QED) is 0.660. The lowest BCUT2D eigenvalue weighted by Crippen LogP contribution is -2.33. The number of ether oxygens (including phenoxy) is 1. The van der Waals surface area contributed by atoms with E-state index in [9.17, 15) is 9.59 Å². The van der Waals surface area contributed by atoms with Crippen LogP contribution in [0.4, 0.5) is 5.69 Å². The summed E-state index contributed by atoms with van der Waals surface area (Å²) in [5.74, 6) is -0.0827. The fourth-order valence-corrected chi connectivity index (χ4v) is 2.74. The smallest absolute Gasteiger partial charge is 0.268 e. The average molecular weight is 351 g/mol. The van der Waals surface area contributed by atoms with Gasteiger partial charge in [0.1, 0.15) is 11.4 Å². The molecule has 0 saturated carbocycles. The molecule has 0 radical (unpaired) electrons. The van der Waals surface area contributed by atoms with Gasteiger partial charge in [-0.1, -0.05) is 17.7 Å². The van der Waals surface area contributed by atoms with Crippen LogP contribution in [-0.4, -0.2) is 30.5 Å². The van der Waals surface area contributed by atoms with Crippen LogP contribution in [0.1, 0.15) is 21.6 Å². The van der Waals surface area contributed by atoms with Crippen LogP contribution in [-0.2, 0) is 4.79 Å². The van der Waals surface area contributed by atoms with Crippen molar-refractivity contribution in [3.8, 4) is 5.75 Å². The molecule has 134 valence electrons. The van der Waals surface area contributed by atoms with E-state index in [0.29, 0.717) is 17.1 Å². The Hall–Kier alpha value is -3.28. The Labute approximate surface area is 151 Å². The van der Waals surface area contributed by atoms with Gasteiger partial charge in [-0.05, 0) is 49.7 Å². The SMILES string of the molecule is COc1ccc(C)cc1NC(=O)CNC(=O)c1cc2cc(C)ccc2[nH]1. The number of rotatable bonds is 5. The number of hydrogen-bond donors (Lipinski definition) is 3. The van der Waals surface area contributed by atoms with E-state index < -0.39 is 0 Å². The molecule has 0 unspecified atom stereocenters. The molecule has 2 amide bonds. The van der Waals surface area contributed by atoms with Crippen molar-refractivity contribution < 1.29 is 14.3 Å². The first-order valence-electron chi connectivity index (χ1n) is 8.28. The molecule has 1 aromatic heterocycles. The molecule has 6 nitrogen and oxygen atoms in total. The van der Waals surface area contributed by atoms with Crippen molar-refractivity contribution in [1.82, 2.24) is 10.3 Å². The molecule has 0 spiro atoms. The van der Waals surface area contributed by atoms with Gasteiger partial charge in [-0.2, -0.15) is 0 Å². The van der Waals surface area contributed by atoms with Crippen molar-refractivity contribution in [1.29, 1.82) is 0 Å². The summed E-state index contributed by atoms with van der Waals surface area (Å²) in [7, 11) is 1.54. The minimum atomic E-state index is -0.329. The maximum Gasteiger partial charge on any atom is 0.268 e. The van der Waals surface area contributed by atoms with Crippen LogP contribution in [0.3, 0.4) is 0 Å². The summed E-state index contributed by atoms with van der Waals surface area (Å²) in [6, 6.07) is 13.2. The van der Waals surface area contributed by atoms with Crippen LogP contribution in [0.2, 0.25) is 0 Å². The molecule has 2 aromatic carbocycles. The van der Waals surface area contributed by atoms with Gasteiger partial charge in [0.15, 0.2) is 0 Å². The lowest BCUT2D eigenvalue weighted by molar-refractivity contribution is -0.115. The van der Waals surface area contributed by atoms with Crippen molar-refractivity contribution >= 4 is 28.4 Å². The maximum atomic E-state index is 12.3. The van der Waals surface area contributed by atoms with Gasteiger partial charge < -0.3 is 20.4 Å². The van der Waals surface area contributed by atoms with Crippen molar-refractivity contribution in [2.75, 3.05) is 19.0 Å². The molecule has 0 fully saturated rings. The summed E-state index contributed by atoms with van der Waals surface area (Å²) in [6.45, 7) is 3.79. The van der Waals surface area contributed by atoms with Crippen LogP contribution in [0.25, 0.3) is 10.9 Å². The molecule has 3 rings (SSSR count). The number of aromatic nitrogens is 1. The largest absolute Gasteiger partial charge is 0.495 e.